The van der Waals surface area contributed by atoms with Crippen LogP contribution in [0.25, 0.3) is 0 Å². The fourth-order valence-electron chi connectivity index (χ4n) is 4.61. The lowest BCUT2D eigenvalue weighted by atomic mass is 10.0. The number of aliphatic hydroxyl groups excluding tert-OH is 2. The predicted octanol–water partition coefficient (Wildman–Crippen LogP) is 9.50. The minimum absolute atomic E-state index is 0.0857. The summed E-state index contributed by atoms with van der Waals surface area (Å²) in [5.74, 6) is 0. The Morgan fingerprint density at radius 2 is 0.516 bits per heavy atom. The molecule has 0 aromatic rings. The predicted molar refractivity (Wildman–Crippen MR) is 139 cm³/mol. The number of unbranched alkanes of at least 4 members (excludes halogenated alkanes) is 18. The highest BCUT2D eigenvalue weighted by molar-refractivity contribution is 4.60. The standard InChI is InChI=1S/C29H60O2/c1-3-5-7-8-9-10-11-12-13-14-15-16-17-21-25-29(31)27-23-19-18-22-26-28(30)24-20-6-4-2/h28-31H,3-27H2,1-2H3/t28-,29+/m0/s1. The molecule has 2 N–H and O–H groups in total. The Bertz CT molecular complexity index is 318. The first-order valence-corrected chi connectivity index (χ1v) is 14.6. The summed E-state index contributed by atoms with van der Waals surface area (Å²) < 4.78 is 0. The molecular formula is C29H60O2. The van der Waals surface area contributed by atoms with E-state index in [1.165, 1.54) is 122 Å². The van der Waals surface area contributed by atoms with E-state index in [0.717, 1.165) is 38.5 Å². The van der Waals surface area contributed by atoms with Crippen LogP contribution in [0.1, 0.15) is 174 Å². The molecule has 2 heteroatoms. The van der Waals surface area contributed by atoms with Crippen molar-refractivity contribution in [3.63, 3.8) is 0 Å². The van der Waals surface area contributed by atoms with E-state index in [1.54, 1.807) is 0 Å². The number of hydrogen-bond donors (Lipinski definition) is 2. The van der Waals surface area contributed by atoms with Gasteiger partial charge >= 0.3 is 0 Å². The summed E-state index contributed by atoms with van der Waals surface area (Å²) in [6, 6.07) is 0. The van der Waals surface area contributed by atoms with E-state index in [2.05, 4.69) is 13.8 Å². The monoisotopic (exact) mass is 440 g/mol. The molecule has 188 valence electrons. The maximum absolute atomic E-state index is 10.2. The van der Waals surface area contributed by atoms with Crippen molar-refractivity contribution >= 4 is 0 Å². The largest absolute Gasteiger partial charge is 0.393 e. The zero-order valence-electron chi connectivity index (χ0n) is 21.7. The molecule has 0 heterocycles. The van der Waals surface area contributed by atoms with Crippen molar-refractivity contribution in [2.24, 2.45) is 0 Å². The zero-order valence-corrected chi connectivity index (χ0v) is 21.7. The number of aliphatic hydroxyl groups is 2. The van der Waals surface area contributed by atoms with Crippen LogP contribution >= 0.6 is 0 Å². The molecule has 0 radical (unpaired) electrons. The van der Waals surface area contributed by atoms with Crippen LogP contribution < -0.4 is 0 Å². The minimum Gasteiger partial charge on any atom is -0.393 e. The number of hydrogen-bond acceptors (Lipinski definition) is 2. The maximum Gasteiger partial charge on any atom is 0.0540 e. The van der Waals surface area contributed by atoms with E-state index in [4.69, 9.17) is 0 Å². The van der Waals surface area contributed by atoms with E-state index in [1.807, 2.05) is 0 Å². The van der Waals surface area contributed by atoms with Gasteiger partial charge in [0.15, 0.2) is 0 Å². The van der Waals surface area contributed by atoms with Crippen molar-refractivity contribution in [3.05, 3.63) is 0 Å². The van der Waals surface area contributed by atoms with E-state index in [-0.39, 0.29) is 12.2 Å². The third kappa shape index (κ3) is 26.1. The van der Waals surface area contributed by atoms with Crippen LogP contribution in [0.3, 0.4) is 0 Å². The molecule has 0 amide bonds. The van der Waals surface area contributed by atoms with Crippen LogP contribution in [-0.2, 0) is 0 Å². The smallest absolute Gasteiger partial charge is 0.0540 e. The lowest BCUT2D eigenvalue weighted by molar-refractivity contribution is 0.142. The van der Waals surface area contributed by atoms with Gasteiger partial charge in [0, 0.05) is 0 Å². The molecule has 0 aromatic heterocycles. The Labute approximate surface area is 197 Å². The van der Waals surface area contributed by atoms with Crippen LogP contribution in [0.2, 0.25) is 0 Å². The molecule has 0 saturated heterocycles. The minimum atomic E-state index is -0.0861. The van der Waals surface area contributed by atoms with Crippen molar-refractivity contribution in [1.29, 1.82) is 0 Å². The van der Waals surface area contributed by atoms with Crippen molar-refractivity contribution in [2.45, 2.75) is 187 Å². The molecule has 0 aromatic carbocycles. The maximum atomic E-state index is 10.2. The third-order valence-corrected chi connectivity index (χ3v) is 6.86. The molecule has 0 bridgehead atoms. The average molecular weight is 441 g/mol. The van der Waals surface area contributed by atoms with Crippen LogP contribution in [0.15, 0.2) is 0 Å². The Morgan fingerprint density at radius 1 is 0.323 bits per heavy atom. The summed E-state index contributed by atoms with van der Waals surface area (Å²) in [6.07, 6.45) is 31.6. The Kier molecular flexibility index (Phi) is 26.1. The normalized spacial score (nSPS) is 13.5. The Balaban J connectivity index is 3.20. The number of rotatable bonds is 26. The fraction of sp³-hybridized carbons (Fsp3) is 1.00. The van der Waals surface area contributed by atoms with Gasteiger partial charge in [0.1, 0.15) is 0 Å². The van der Waals surface area contributed by atoms with Gasteiger partial charge in [-0.3, -0.25) is 0 Å². The first kappa shape index (κ1) is 30.9. The second kappa shape index (κ2) is 26.2. The topological polar surface area (TPSA) is 40.5 Å². The van der Waals surface area contributed by atoms with Crippen molar-refractivity contribution in [1.82, 2.24) is 0 Å². The summed E-state index contributed by atoms with van der Waals surface area (Å²) in [5, 5.41) is 20.1. The lowest BCUT2D eigenvalue weighted by Crippen LogP contribution is -2.07. The lowest BCUT2D eigenvalue weighted by Gasteiger charge is -2.11. The molecule has 0 spiro atoms. The molecule has 0 aliphatic carbocycles. The Morgan fingerprint density at radius 3 is 0.806 bits per heavy atom. The Hall–Kier alpha value is -0.0800. The molecule has 0 aliphatic rings. The van der Waals surface area contributed by atoms with Gasteiger partial charge in [-0.05, 0) is 25.7 Å². The van der Waals surface area contributed by atoms with Crippen molar-refractivity contribution in [2.75, 3.05) is 0 Å². The molecule has 31 heavy (non-hydrogen) atoms. The second-order valence-electron chi connectivity index (χ2n) is 10.2. The van der Waals surface area contributed by atoms with Crippen LogP contribution in [-0.4, -0.2) is 22.4 Å². The average Bonchev–Trinajstić information content (AvgIpc) is 2.76. The van der Waals surface area contributed by atoms with Gasteiger partial charge < -0.3 is 10.2 Å². The van der Waals surface area contributed by atoms with Gasteiger partial charge in [-0.1, -0.05) is 149 Å². The third-order valence-electron chi connectivity index (χ3n) is 6.86. The van der Waals surface area contributed by atoms with Crippen LogP contribution in [0.5, 0.6) is 0 Å². The van der Waals surface area contributed by atoms with Crippen LogP contribution in [0.4, 0.5) is 0 Å². The quantitative estimate of drug-likeness (QED) is 0.131. The zero-order chi connectivity index (χ0) is 22.8. The van der Waals surface area contributed by atoms with Gasteiger partial charge in [0.25, 0.3) is 0 Å². The second-order valence-corrected chi connectivity index (χ2v) is 10.2. The van der Waals surface area contributed by atoms with E-state index >= 15 is 0 Å². The summed E-state index contributed by atoms with van der Waals surface area (Å²) in [4.78, 5) is 0. The summed E-state index contributed by atoms with van der Waals surface area (Å²) in [7, 11) is 0. The van der Waals surface area contributed by atoms with Gasteiger partial charge in [-0.15, -0.1) is 0 Å². The fourth-order valence-corrected chi connectivity index (χ4v) is 4.61. The molecule has 0 aliphatic heterocycles. The first-order valence-electron chi connectivity index (χ1n) is 14.6. The van der Waals surface area contributed by atoms with Crippen molar-refractivity contribution in [3.8, 4) is 0 Å². The molecule has 2 nitrogen and oxygen atoms in total. The van der Waals surface area contributed by atoms with Gasteiger partial charge in [-0.2, -0.15) is 0 Å². The molecule has 0 rings (SSSR count). The van der Waals surface area contributed by atoms with E-state index in [9.17, 15) is 10.2 Å². The first-order chi connectivity index (χ1) is 15.2. The van der Waals surface area contributed by atoms with Gasteiger partial charge in [0.2, 0.25) is 0 Å². The molecule has 0 fully saturated rings. The SMILES string of the molecule is CCCCCCCCCCCCCCCC[C@@H](O)CCCCCC[C@@H](O)CCCCC. The molecule has 0 saturated carbocycles. The molecule has 0 unspecified atom stereocenters. The van der Waals surface area contributed by atoms with Gasteiger partial charge in [-0.25, -0.2) is 0 Å². The van der Waals surface area contributed by atoms with Crippen molar-refractivity contribution < 1.29 is 10.2 Å². The molecule has 2 atom stereocenters. The highest BCUT2D eigenvalue weighted by atomic mass is 16.3. The highest BCUT2D eigenvalue weighted by Crippen LogP contribution is 2.16. The van der Waals surface area contributed by atoms with Gasteiger partial charge in [0.05, 0.1) is 12.2 Å². The summed E-state index contributed by atoms with van der Waals surface area (Å²) >= 11 is 0. The van der Waals surface area contributed by atoms with E-state index in [0.29, 0.717) is 0 Å². The highest BCUT2D eigenvalue weighted by Gasteiger charge is 2.05. The summed E-state index contributed by atoms with van der Waals surface area (Å²) in [6.45, 7) is 4.50. The van der Waals surface area contributed by atoms with E-state index < -0.39 is 0 Å². The molecular weight excluding hydrogens is 380 g/mol. The summed E-state index contributed by atoms with van der Waals surface area (Å²) in [5.41, 5.74) is 0. The van der Waals surface area contributed by atoms with Crippen LogP contribution in [0, 0.1) is 0 Å².